The second-order valence-corrected chi connectivity index (χ2v) is 5.10. The van der Waals surface area contributed by atoms with Gasteiger partial charge in [0.2, 0.25) is 0 Å². The molecule has 1 aromatic rings. The van der Waals surface area contributed by atoms with Gasteiger partial charge in [0, 0.05) is 16.7 Å². The van der Waals surface area contributed by atoms with Gasteiger partial charge < -0.3 is 10.2 Å². The van der Waals surface area contributed by atoms with Gasteiger partial charge >= 0.3 is 0 Å². The number of nitrogens with zero attached hydrogens (tertiary/aromatic N) is 1. The Hall–Kier alpha value is -0.0000000000000000555. The van der Waals surface area contributed by atoms with E-state index in [1.807, 2.05) is 12.1 Å². The van der Waals surface area contributed by atoms with E-state index < -0.39 is 0 Å². The summed E-state index contributed by atoms with van der Waals surface area (Å²) >= 11 is 8.35. The maximum Gasteiger partial charge on any atom is 0.0648 e. The molecule has 0 aliphatic rings. The fourth-order valence-corrected chi connectivity index (χ4v) is 2.10. The van der Waals surface area contributed by atoms with E-state index in [4.69, 9.17) is 11.6 Å². The van der Waals surface area contributed by atoms with E-state index in [-0.39, 0.29) is 0 Å². The summed E-state index contributed by atoms with van der Waals surface area (Å²) in [6.07, 6.45) is 0. The van der Waals surface area contributed by atoms with Gasteiger partial charge in [-0.1, -0.05) is 18.5 Å². The van der Waals surface area contributed by atoms with Gasteiger partial charge in [0.05, 0.1) is 10.7 Å². The molecule has 0 amide bonds. The van der Waals surface area contributed by atoms with Crippen LogP contribution in [-0.2, 0) is 0 Å². The zero-order chi connectivity index (χ0) is 11.3. The van der Waals surface area contributed by atoms with E-state index in [1.54, 1.807) is 0 Å². The summed E-state index contributed by atoms with van der Waals surface area (Å²) in [5.41, 5.74) is 1.02. The van der Waals surface area contributed by atoms with Gasteiger partial charge in [0.15, 0.2) is 0 Å². The maximum atomic E-state index is 6.10. The fourth-order valence-electron chi connectivity index (χ4n) is 1.17. The third-order valence-electron chi connectivity index (χ3n) is 2.28. The molecule has 0 aliphatic carbocycles. The first-order valence-corrected chi connectivity index (χ1v) is 6.46. The number of halogens is 2. The highest BCUT2D eigenvalue weighted by Crippen LogP contribution is 2.23. The van der Waals surface area contributed by atoms with E-state index >= 15 is 0 Å². The number of nitrogens with one attached hydrogen (secondary N) is 1. The Morgan fingerprint density at radius 2 is 2.20 bits per heavy atom. The van der Waals surface area contributed by atoms with Gasteiger partial charge in [-0.15, -0.1) is 0 Å². The second kappa shape index (κ2) is 6.55. The van der Waals surface area contributed by atoms with Crippen molar-refractivity contribution >= 4 is 39.9 Å². The van der Waals surface area contributed by atoms with Crippen molar-refractivity contribution in [1.82, 2.24) is 4.90 Å². The third kappa shape index (κ3) is 4.57. The van der Waals surface area contributed by atoms with Crippen LogP contribution in [0.3, 0.4) is 0 Å². The Labute approximate surface area is 110 Å². The highest BCUT2D eigenvalue weighted by molar-refractivity contribution is 14.1. The van der Waals surface area contributed by atoms with Crippen LogP contribution in [-0.4, -0.2) is 31.6 Å². The highest BCUT2D eigenvalue weighted by Gasteiger charge is 2.00. The molecule has 4 heteroatoms. The van der Waals surface area contributed by atoms with E-state index in [0.29, 0.717) is 0 Å². The molecule has 0 saturated heterocycles. The van der Waals surface area contributed by atoms with E-state index in [9.17, 15) is 0 Å². The summed E-state index contributed by atoms with van der Waals surface area (Å²) in [6, 6.07) is 6.04. The Morgan fingerprint density at radius 1 is 1.47 bits per heavy atom. The molecular formula is C11H16ClIN2. The van der Waals surface area contributed by atoms with Crippen LogP contribution in [0.5, 0.6) is 0 Å². The zero-order valence-electron chi connectivity index (χ0n) is 9.06. The largest absolute Gasteiger partial charge is 0.383 e. The molecule has 84 valence electrons. The van der Waals surface area contributed by atoms with Crippen LogP contribution in [0.15, 0.2) is 18.2 Å². The van der Waals surface area contributed by atoms with Crippen LogP contribution in [0, 0.1) is 3.57 Å². The summed E-state index contributed by atoms with van der Waals surface area (Å²) in [6.45, 7) is 5.17. The summed E-state index contributed by atoms with van der Waals surface area (Å²) in [4.78, 5) is 2.26. The Morgan fingerprint density at radius 3 is 2.80 bits per heavy atom. The molecule has 0 heterocycles. The standard InChI is InChI=1S/C11H16ClIN2/c1-3-15(2)7-6-14-11-5-4-9(13)8-10(11)12/h4-5,8,14H,3,6-7H2,1-2H3. The van der Waals surface area contributed by atoms with Crippen molar-refractivity contribution in [2.24, 2.45) is 0 Å². The molecule has 0 fully saturated rings. The Balaban J connectivity index is 2.44. The molecule has 0 atom stereocenters. The molecule has 1 rings (SSSR count). The number of benzene rings is 1. The molecule has 0 unspecified atom stereocenters. The van der Waals surface area contributed by atoms with Crippen molar-refractivity contribution in [3.8, 4) is 0 Å². The van der Waals surface area contributed by atoms with Crippen LogP contribution in [0.4, 0.5) is 5.69 Å². The Kier molecular flexibility index (Phi) is 5.71. The SMILES string of the molecule is CCN(C)CCNc1ccc(I)cc1Cl. The zero-order valence-corrected chi connectivity index (χ0v) is 12.0. The minimum atomic E-state index is 0.793. The van der Waals surface area contributed by atoms with Crippen molar-refractivity contribution in [2.45, 2.75) is 6.92 Å². The minimum Gasteiger partial charge on any atom is -0.383 e. The van der Waals surface area contributed by atoms with Crippen LogP contribution in [0.2, 0.25) is 5.02 Å². The van der Waals surface area contributed by atoms with Gasteiger partial charge in [-0.2, -0.15) is 0 Å². The smallest absolute Gasteiger partial charge is 0.0648 e. The lowest BCUT2D eigenvalue weighted by molar-refractivity contribution is 0.367. The number of likely N-dealkylation sites (N-methyl/N-ethyl adjacent to an activating group) is 1. The van der Waals surface area contributed by atoms with Crippen molar-refractivity contribution in [3.63, 3.8) is 0 Å². The van der Waals surface area contributed by atoms with Gasteiger partial charge in [0.1, 0.15) is 0 Å². The fraction of sp³-hybridized carbons (Fsp3) is 0.455. The molecule has 0 bridgehead atoms. The molecule has 1 aromatic carbocycles. The molecule has 1 N–H and O–H groups in total. The molecular weight excluding hydrogens is 322 g/mol. The van der Waals surface area contributed by atoms with Crippen LogP contribution in [0.25, 0.3) is 0 Å². The average molecular weight is 339 g/mol. The molecule has 2 nitrogen and oxygen atoms in total. The number of hydrogen-bond acceptors (Lipinski definition) is 2. The number of hydrogen-bond donors (Lipinski definition) is 1. The van der Waals surface area contributed by atoms with Crippen molar-refractivity contribution in [3.05, 3.63) is 26.8 Å². The predicted octanol–water partition coefficient (Wildman–Crippen LogP) is 3.31. The quantitative estimate of drug-likeness (QED) is 0.829. The molecule has 0 aliphatic heterocycles. The molecule has 0 saturated carbocycles. The lowest BCUT2D eigenvalue weighted by Gasteiger charge is -2.15. The Bertz CT molecular complexity index is 317. The average Bonchev–Trinajstić information content (AvgIpc) is 2.21. The molecule has 0 radical (unpaired) electrons. The summed E-state index contributed by atoms with van der Waals surface area (Å²) in [5.74, 6) is 0. The predicted molar refractivity (Wildman–Crippen MR) is 75.8 cm³/mol. The van der Waals surface area contributed by atoms with Crippen LogP contribution in [0.1, 0.15) is 6.92 Å². The van der Waals surface area contributed by atoms with E-state index in [1.165, 1.54) is 0 Å². The normalized spacial score (nSPS) is 10.7. The van der Waals surface area contributed by atoms with Crippen molar-refractivity contribution < 1.29 is 0 Å². The topological polar surface area (TPSA) is 15.3 Å². The molecule has 0 spiro atoms. The number of anilines is 1. The summed E-state index contributed by atoms with van der Waals surface area (Å²) < 4.78 is 1.16. The highest BCUT2D eigenvalue weighted by atomic mass is 127. The lowest BCUT2D eigenvalue weighted by Crippen LogP contribution is -2.24. The number of rotatable bonds is 5. The van der Waals surface area contributed by atoms with Gasteiger partial charge in [-0.05, 0) is 54.4 Å². The van der Waals surface area contributed by atoms with Gasteiger partial charge in [0.25, 0.3) is 0 Å². The lowest BCUT2D eigenvalue weighted by atomic mass is 10.3. The van der Waals surface area contributed by atoms with Crippen molar-refractivity contribution in [2.75, 3.05) is 32.0 Å². The van der Waals surface area contributed by atoms with Crippen LogP contribution >= 0.6 is 34.2 Å². The summed E-state index contributed by atoms with van der Waals surface area (Å²) in [7, 11) is 2.11. The first-order valence-electron chi connectivity index (χ1n) is 5.01. The van der Waals surface area contributed by atoms with Crippen molar-refractivity contribution in [1.29, 1.82) is 0 Å². The first kappa shape index (κ1) is 13.1. The molecule has 15 heavy (non-hydrogen) atoms. The molecule has 0 aromatic heterocycles. The minimum absolute atomic E-state index is 0.793. The first-order chi connectivity index (χ1) is 7.13. The van der Waals surface area contributed by atoms with Gasteiger partial charge in [-0.3, -0.25) is 0 Å². The monoisotopic (exact) mass is 338 g/mol. The second-order valence-electron chi connectivity index (χ2n) is 3.45. The van der Waals surface area contributed by atoms with Crippen LogP contribution < -0.4 is 5.32 Å². The third-order valence-corrected chi connectivity index (χ3v) is 3.26. The maximum absolute atomic E-state index is 6.10. The van der Waals surface area contributed by atoms with Gasteiger partial charge in [-0.25, -0.2) is 0 Å². The summed E-state index contributed by atoms with van der Waals surface area (Å²) in [5, 5.41) is 4.12. The van der Waals surface area contributed by atoms with E-state index in [0.717, 1.165) is 33.9 Å². The van der Waals surface area contributed by atoms with E-state index in [2.05, 4.69) is 52.8 Å².